The number of nitrogens with zero attached hydrogens (tertiary/aromatic N) is 1. The molecule has 1 atom stereocenters. The van der Waals surface area contributed by atoms with Gasteiger partial charge in [0.1, 0.15) is 0 Å². The van der Waals surface area contributed by atoms with E-state index in [1.54, 1.807) is 0 Å². The first-order valence-corrected chi connectivity index (χ1v) is 8.32. The van der Waals surface area contributed by atoms with Crippen LogP contribution in [0.15, 0.2) is 24.3 Å². The van der Waals surface area contributed by atoms with Gasteiger partial charge in [0.15, 0.2) is 0 Å². The molecule has 1 aliphatic heterocycles. The SMILES string of the molecule is CCCN(CC1CCCCN1)C(=O)Cc1cccc(Cl)c1. The second-order valence-corrected chi connectivity index (χ2v) is 6.23. The van der Waals surface area contributed by atoms with Crippen LogP contribution < -0.4 is 5.32 Å². The summed E-state index contributed by atoms with van der Waals surface area (Å²) in [7, 11) is 0. The molecule has 0 aromatic heterocycles. The van der Waals surface area contributed by atoms with E-state index in [0.29, 0.717) is 17.5 Å². The van der Waals surface area contributed by atoms with E-state index < -0.39 is 0 Å². The molecule has 3 nitrogen and oxygen atoms in total. The summed E-state index contributed by atoms with van der Waals surface area (Å²) in [5.41, 5.74) is 0.991. The van der Waals surface area contributed by atoms with E-state index in [1.807, 2.05) is 29.2 Å². The predicted molar refractivity (Wildman–Crippen MR) is 87.7 cm³/mol. The van der Waals surface area contributed by atoms with Gasteiger partial charge < -0.3 is 10.2 Å². The van der Waals surface area contributed by atoms with Crippen LogP contribution in [0.2, 0.25) is 5.02 Å². The summed E-state index contributed by atoms with van der Waals surface area (Å²) in [6.45, 7) is 4.85. The Labute approximate surface area is 132 Å². The van der Waals surface area contributed by atoms with E-state index in [9.17, 15) is 4.79 Å². The van der Waals surface area contributed by atoms with E-state index in [-0.39, 0.29) is 5.91 Å². The Bertz CT molecular complexity index is 458. The Balaban J connectivity index is 1.94. The molecule has 1 saturated heterocycles. The standard InChI is InChI=1S/C17H25ClN2O/c1-2-10-20(13-16-8-3-4-9-19-16)17(21)12-14-6-5-7-15(18)11-14/h5-7,11,16,19H,2-4,8-10,12-13H2,1H3. The summed E-state index contributed by atoms with van der Waals surface area (Å²) >= 11 is 5.99. The number of carbonyl (C=O) groups is 1. The maximum atomic E-state index is 12.5. The lowest BCUT2D eigenvalue weighted by Crippen LogP contribution is -2.46. The van der Waals surface area contributed by atoms with Crippen LogP contribution in [0.5, 0.6) is 0 Å². The van der Waals surface area contributed by atoms with E-state index in [0.717, 1.165) is 31.6 Å². The molecule has 0 radical (unpaired) electrons. The third-order valence-electron chi connectivity index (χ3n) is 3.94. The molecular formula is C17H25ClN2O. The maximum Gasteiger partial charge on any atom is 0.227 e. The van der Waals surface area contributed by atoms with Crippen molar-refractivity contribution in [1.29, 1.82) is 0 Å². The minimum absolute atomic E-state index is 0.200. The molecule has 2 rings (SSSR count). The topological polar surface area (TPSA) is 32.3 Å². The Morgan fingerprint density at radius 1 is 1.43 bits per heavy atom. The molecule has 1 unspecified atom stereocenters. The van der Waals surface area contributed by atoms with Crippen LogP contribution in [0.1, 0.15) is 38.2 Å². The van der Waals surface area contributed by atoms with Crippen molar-refractivity contribution in [3.05, 3.63) is 34.9 Å². The molecule has 1 amide bonds. The van der Waals surface area contributed by atoms with Crippen molar-refractivity contribution in [3.63, 3.8) is 0 Å². The maximum absolute atomic E-state index is 12.5. The molecule has 21 heavy (non-hydrogen) atoms. The summed E-state index contributed by atoms with van der Waals surface area (Å²) in [5, 5.41) is 4.21. The van der Waals surface area contributed by atoms with Crippen molar-refractivity contribution in [2.75, 3.05) is 19.6 Å². The fraction of sp³-hybridized carbons (Fsp3) is 0.588. The van der Waals surface area contributed by atoms with Gasteiger partial charge in [0.05, 0.1) is 6.42 Å². The average molecular weight is 309 g/mol. The normalized spacial score (nSPS) is 18.5. The Morgan fingerprint density at radius 3 is 2.95 bits per heavy atom. The molecule has 0 aliphatic carbocycles. The molecule has 1 aromatic carbocycles. The number of halogens is 1. The number of hydrogen-bond acceptors (Lipinski definition) is 2. The van der Waals surface area contributed by atoms with Gasteiger partial charge in [-0.2, -0.15) is 0 Å². The summed E-state index contributed by atoms with van der Waals surface area (Å²) < 4.78 is 0. The highest BCUT2D eigenvalue weighted by Gasteiger charge is 2.20. The molecule has 1 aromatic rings. The largest absolute Gasteiger partial charge is 0.341 e. The van der Waals surface area contributed by atoms with Gasteiger partial charge >= 0.3 is 0 Å². The predicted octanol–water partition coefficient (Wildman–Crippen LogP) is 3.26. The first kappa shape index (κ1) is 16.3. The van der Waals surface area contributed by atoms with Gasteiger partial charge in [0.25, 0.3) is 0 Å². The Hall–Kier alpha value is -1.06. The Morgan fingerprint density at radius 2 is 2.29 bits per heavy atom. The molecule has 0 saturated carbocycles. The molecule has 1 heterocycles. The summed E-state index contributed by atoms with van der Waals surface area (Å²) in [4.78, 5) is 14.5. The van der Waals surface area contributed by atoms with Crippen LogP contribution in [0.25, 0.3) is 0 Å². The van der Waals surface area contributed by atoms with Crippen LogP contribution in [0.3, 0.4) is 0 Å². The summed E-state index contributed by atoms with van der Waals surface area (Å²) in [6.07, 6.45) is 5.12. The zero-order chi connectivity index (χ0) is 15.1. The second kappa shape index (κ2) is 8.40. The van der Waals surface area contributed by atoms with Gasteiger partial charge in [-0.3, -0.25) is 4.79 Å². The molecule has 1 fully saturated rings. The number of amides is 1. The van der Waals surface area contributed by atoms with Crippen LogP contribution in [0, 0.1) is 0 Å². The summed E-state index contributed by atoms with van der Waals surface area (Å²) in [5.74, 6) is 0.200. The third kappa shape index (κ3) is 5.33. The van der Waals surface area contributed by atoms with Crippen molar-refractivity contribution >= 4 is 17.5 Å². The molecule has 1 aliphatic rings. The lowest BCUT2D eigenvalue weighted by Gasteiger charge is -2.30. The van der Waals surface area contributed by atoms with Gasteiger partial charge in [0.2, 0.25) is 5.91 Å². The van der Waals surface area contributed by atoms with Gasteiger partial charge in [-0.05, 0) is 43.5 Å². The van der Waals surface area contributed by atoms with Gasteiger partial charge in [-0.1, -0.05) is 37.1 Å². The number of piperidine rings is 1. The quantitative estimate of drug-likeness (QED) is 0.875. The molecular weight excluding hydrogens is 284 g/mol. The molecule has 116 valence electrons. The lowest BCUT2D eigenvalue weighted by molar-refractivity contribution is -0.131. The summed E-state index contributed by atoms with van der Waals surface area (Å²) in [6, 6.07) is 8.03. The zero-order valence-electron chi connectivity index (χ0n) is 12.8. The van der Waals surface area contributed by atoms with Crippen molar-refractivity contribution in [1.82, 2.24) is 10.2 Å². The van der Waals surface area contributed by atoms with E-state index >= 15 is 0 Å². The van der Waals surface area contributed by atoms with Gasteiger partial charge in [-0.25, -0.2) is 0 Å². The van der Waals surface area contributed by atoms with Crippen molar-refractivity contribution in [3.8, 4) is 0 Å². The van der Waals surface area contributed by atoms with E-state index in [4.69, 9.17) is 11.6 Å². The highest BCUT2D eigenvalue weighted by Crippen LogP contribution is 2.14. The van der Waals surface area contributed by atoms with Crippen molar-refractivity contribution < 1.29 is 4.79 Å². The average Bonchev–Trinajstić information content (AvgIpc) is 2.48. The van der Waals surface area contributed by atoms with E-state index in [1.165, 1.54) is 19.3 Å². The smallest absolute Gasteiger partial charge is 0.227 e. The molecule has 1 N–H and O–H groups in total. The van der Waals surface area contributed by atoms with Crippen LogP contribution in [-0.4, -0.2) is 36.5 Å². The van der Waals surface area contributed by atoms with Crippen LogP contribution >= 0.6 is 11.6 Å². The Kier molecular flexibility index (Phi) is 6.52. The highest BCUT2D eigenvalue weighted by atomic mass is 35.5. The van der Waals surface area contributed by atoms with E-state index in [2.05, 4.69) is 12.2 Å². The second-order valence-electron chi connectivity index (χ2n) is 5.79. The fourth-order valence-electron chi connectivity index (χ4n) is 2.87. The van der Waals surface area contributed by atoms with Crippen molar-refractivity contribution in [2.24, 2.45) is 0 Å². The van der Waals surface area contributed by atoms with Gasteiger partial charge in [-0.15, -0.1) is 0 Å². The van der Waals surface area contributed by atoms with Gasteiger partial charge in [0, 0.05) is 24.2 Å². The first-order valence-electron chi connectivity index (χ1n) is 7.94. The van der Waals surface area contributed by atoms with Crippen LogP contribution in [-0.2, 0) is 11.2 Å². The molecule has 0 spiro atoms. The third-order valence-corrected chi connectivity index (χ3v) is 4.18. The number of hydrogen-bond donors (Lipinski definition) is 1. The number of benzene rings is 1. The van der Waals surface area contributed by atoms with Crippen molar-refractivity contribution in [2.45, 2.75) is 45.1 Å². The lowest BCUT2D eigenvalue weighted by atomic mass is 10.0. The number of rotatable bonds is 6. The number of nitrogens with one attached hydrogen (secondary N) is 1. The molecule has 0 bridgehead atoms. The minimum atomic E-state index is 0.200. The number of carbonyl (C=O) groups excluding carboxylic acids is 1. The minimum Gasteiger partial charge on any atom is -0.341 e. The first-order chi connectivity index (χ1) is 10.2. The zero-order valence-corrected chi connectivity index (χ0v) is 13.5. The fourth-order valence-corrected chi connectivity index (χ4v) is 3.08. The monoisotopic (exact) mass is 308 g/mol. The molecule has 4 heteroatoms. The van der Waals surface area contributed by atoms with Crippen LogP contribution in [0.4, 0.5) is 0 Å². The highest BCUT2D eigenvalue weighted by molar-refractivity contribution is 6.30.